The van der Waals surface area contributed by atoms with Crippen LogP contribution in [0.1, 0.15) is 29.5 Å². The lowest BCUT2D eigenvalue weighted by Gasteiger charge is -2.45. The summed E-state index contributed by atoms with van der Waals surface area (Å²) in [6.45, 7) is 2.89. The number of hydrogen-bond acceptors (Lipinski definition) is 1. The first-order valence-corrected chi connectivity index (χ1v) is 6.93. The summed E-state index contributed by atoms with van der Waals surface area (Å²) in [5, 5.41) is 0. The van der Waals surface area contributed by atoms with Crippen molar-refractivity contribution >= 4 is 12.0 Å². The van der Waals surface area contributed by atoms with Gasteiger partial charge in [0.05, 0.1) is 5.56 Å². The van der Waals surface area contributed by atoms with Gasteiger partial charge in [-0.3, -0.25) is 4.79 Å². The molecule has 1 fully saturated rings. The van der Waals surface area contributed by atoms with Crippen LogP contribution in [0, 0.1) is 12.3 Å². The van der Waals surface area contributed by atoms with E-state index in [0.29, 0.717) is 24.2 Å². The number of amides is 1. The molecule has 2 aliphatic rings. The minimum atomic E-state index is -4.32. The Balaban J connectivity index is 1.92. The van der Waals surface area contributed by atoms with Crippen molar-refractivity contribution in [3.05, 3.63) is 41.0 Å². The molecule has 0 atom stereocenters. The third-order valence-corrected chi connectivity index (χ3v) is 4.54. The second kappa shape index (κ2) is 4.61. The molecule has 0 unspecified atom stereocenters. The number of alkyl halides is 3. The van der Waals surface area contributed by atoms with Crippen molar-refractivity contribution in [3.8, 4) is 0 Å². The number of benzene rings is 1. The monoisotopic (exact) mass is 295 g/mol. The van der Waals surface area contributed by atoms with E-state index in [-0.39, 0.29) is 5.41 Å². The molecule has 0 radical (unpaired) electrons. The number of rotatable bonds is 2. The zero-order chi connectivity index (χ0) is 15.3. The molecule has 0 saturated carbocycles. The van der Waals surface area contributed by atoms with Crippen LogP contribution in [0.3, 0.4) is 0 Å². The third kappa shape index (κ3) is 2.34. The van der Waals surface area contributed by atoms with Gasteiger partial charge in [0.25, 0.3) is 0 Å². The molecule has 1 heterocycles. The van der Waals surface area contributed by atoms with E-state index in [1.165, 1.54) is 13.0 Å². The molecule has 112 valence electrons. The van der Waals surface area contributed by atoms with Gasteiger partial charge in [-0.05, 0) is 42.5 Å². The quantitative estimate of drug-likeness (QED) is 0.763. The van der Waals surface area contributed by atoms with Crippen LogP contribution in [0.15, 0.2) is 24.3 Å². The van der Waals surface area contributed by atoms with Crippen LogP contribution in [0.2, 0.25) is 0 Å². The van der Waals surface area contributed by atoms with Crippen molar-refractivity contribution in [1.82, 2.24) is 4.90 Å². The van der Waals surface area contributed by atoms with E-state index in [1.807, 2.05) is 0 Å². The van der Waals surface area contributed by atoms with E-state index in [0.717, 1.165) is 30.9 Å². The maximum atomic E-state index is 13.0. The summed E-state index contributed by atoms with van der Waals surface area (Å²) in [7, 11) is 0. The highest BCUT2D eigenvalue weighted by Crippen LogP contribution is 2.47. The molecule has 21 heavy (non-hydrogen) atoms. The number of hydrogen-bond donors (Lipinski definition) is 0. The molecule has 1 aromatic rings. The van der Waals surface area contributed by atoms with Gasteiger partial charge in [0, 0.05) is 18.5 Å². The number of carbonyl (C=O) groups excluding carboxylic acids is 1. The van der Waals surface area contributed by atoms with E-state index in [1.54, 1.807) is 11.0 Å². The van der Waals surface area contributed by atoms with Gasteiger partial charge < -0.3 is 4.90 Å². The molecule has 1 aliphatic carbocycles. The molecule has 1 aliphatic heterocycles. The van der Waals surface area contributed by atoms with Crippen molar-refractivity contribution in [3.63, 3.8) is 0 Å². The molecule has 0 N–H and O–H groups in total. The van der Waals surface area contributed by atoms with Gasteiger partial charge in [-0.1, -0.05) is 18.2 Å². The summed E-state index contributed by atoms with van der Waals surface area (Å²) in [4.78, 5) is 12.4. The highest BCUT2D eigenvalue weighted by molar-refractivity contribution is 5.72. The van der Waals surface area contributed by atoms with E-state index < -0.39 is 11.7 Å². The Bertz CT molecular complexity index is 612. The fourth-order valence-electron chi connectivity index (χ4n) is 3.49. The molecule has 0 bridgehead atoms. The minimum Gasteiger partial charge on any atom is -0.343 e. The second-order valence-electron chi connectivity index (χ2n) is 6.02. The van der Waals surface area contributed by atoms with E-state index in [4.69, 9.17) is 0 Å². The van der Waals surface area contributed by atoms with E-state index >= 15 is 0 Å². The molecule has 3 rings (SSSR count). The van der Waals surface area contributed by atoms with Crippen LogP contribution < -0.4 is 0 Å². The Morgan fingerprint density at radius 2 is 2.00 bits per heavy atom. The van der Waals surface area contributed by atoms with Crippen LogP contribution in [0.5, 0.6) is 0 Å². The van der Waals surface area contributed by atoms with Crippen molar-refractivity contribution in [2.45, 2.75) is 25.9 Å². The lowest BCUT2D eigenvalue weighted by atomic mass is 9.80. The van der Waals surface area contributed by atoms with Crippen LogP contribution in [0.4, 0.5) is 13.2 Å². The smallest absolute Gasteiger partial charge is 0.343 e. The molecule has 5 heteroatoms. The summed E-state index contributed by atoms with van der Waals surface area (Å²) < 4.78 is 38.9. The van der Waals surface area contributed by atoms with E-state index in [9.17, 15) is 18.0 Å². The van der Waals surface area contributed by atoms with Gasteiger partial charge in [-0.15, -0.1) is 0 Å². The van der Waals surface area contributed by atoms with Gasteiger partial charge in [0.1, 0.15) is 0 Å². The summed E-state index contributed by atoms with van der Waals surface area (Å²) >= 11 is 0. The molecule has 1 saturated heterocycles. The molecule has 2 nitrogen and oxygen atoms in total. The first-order chi connectivity index (χ1) is 9.85. The van der Waals surface area contributed by atoms with Crippen molar-refractivity contribution in [2.75, 3.05) is 13.1 Å². The zero-order valence-corrected chi connectivity index (χ0v) is 11.7. The highest BCUT2D eigenvalue weighted by atomic mass is 19.4. The topological polar surface area (TPSA) is 20.3 Å². The molecule has 1 spiro atoms. The SMILES string of the molecule is Cc1c(C2=CC3(CC2)CN(C=O)C3)cccc1C(F)(F)F. The highest BCUT2D eigenvalue weighted by Gasteiger charge is 2.44. The van der Waals surface area contributed by atoms with Gasteiger partial charge in [0.15, 0.2) is 0 Å². The second-order valence-corrected chi connectivity index (χ2v) is 6.02. The average molecular weight is 295 g/mol. The molecule has 0 aromatic heterocycles. The van der Waals surface area contributed by atoms with Crippen molar-refractivity contribution < 1.29 is 18.0 Å². The first kappa shape index (κ1) is 14.2. The predicted octanol–water partition coefficient (Wildman–Crippen LogP) is 3.65. The maximum Gasteiger partial charge on any atom is 0.416 e. The number of likely N-dealkylation sites (tertiary alicyclic amines) is 1. The maximum absolute atomic E-state index is 13.0. The molecular formula is C16H16F3NO. The lowest BCUT2D eigenvalue weighted by Crippen LogP contribution is -2.53. The van der Waals surface area contributed by atoms with Crippen LogP contribution >= 0.6 is 0 Å². The van der Waals surface area contributed by atoms with Crippen LogP contribution in [0.25, 0.3) is 5.57 Å². The summed E-state index contributed by atoms with van der Waals surface area (Å²) in [6.07, 6.45) is 0.265. The van der Waals surface area contributed by atoms with E-state index in [2.05, 4.69) is 6.08 Å². The Morgan fingerprint density at radius 3 is 2.62 bits per heavy atom. The number of carbonyl (C=O) groups is 1. The largest absolute Gasteiger partial charge is 0.416 e. The Morgan fingerprint density at radius 1 is 1.29 bits per heavy atom. The van der Waals surface area contributed by atoms with Gasteiger partial charge in [0.2, 0.25) is 6.41 Å². The zero-order valence-electron chi connectivity index (χ0n) is 11.7. The minimum absolute atomic E-state index is 0.0169. The lowest BCUT2D eigenvalue weighted by molar-refractivity contribution is -0.138. The number of allylic oxidation sites excluding steroid dienone is 1. The fourth-order valence-corrected chi connectivity index (χ4v) is 3.49. The molecule has 1 aromatic carbocycles. The number of nitrogens with zero attached hydrogens (tertiary/aromatic N) is 1. The Hall–Kier alpha value is -1.78. The van der Waals surface area contributed by atoms with Gasteiger partial charge >= 0.3 is 6.18 Å². The fraction of sp³-hybridized carbons (Fsp3) is 0.438. The number of halogens is 3. The average Bonchev–Trinajstić information content (AvgIpc) is 2.80. The van der Waals surface area contributed by atoms with Crippen LogP contribution in [-0.2, 0) is 11.0 Å². The van der Waals surface area contributed by atoms with Crippen molar-refractivity contribution in [1.29, 1.82) is 0 Å². The van der Waals surface area contributed by atoms with Gasteiger partial charge in [-0.25, -0.2) is 0 Å². The predicted molar refractivity (Wildman–Crippen MR) is 73.5 cm³/mol. The summed E-state index contributed by atoms with van der Waals surface area (Å²) in [5.41, 5.74) is 1.37. The standard InChI is InChI=1S/C16H16F3NO/c1-11-13(3-2-4-14(11)16(17,18)19)12-5-6-15(7-12)8-20(9-15)10-21/h2-4,7,10H,5-6,8-9H2,1H3. The third-order valence-electron chi connectivity index (χ3n) is 4.54. The summed E-state index contributed by atoms with van der Waals surface area (Å²) in [6, 6.07) is 4.35. The van der Waals surface area contributed by atoms with Crippen molar-refractivity contribution in [2.24, 2.45) is 5.41 Å². The summed E-state index contributed by atoms with van der Waals surface area (Å²) in [5.74, 6) is 0. The van der Waals surface area contributed by atoms with Gasteiger partial charge in [-0.2, -0.15) is 13.2 Å². The Kier molecular flexibility index (Phi) is 3.11. The normalized spacial score (nSPS) is 20.4. The Labute approximate surface area is 121 Å². The molecular weight excluding hydrogens is 279 g/mol. The van der Waals surface area contributed by atoms with Crippen LogP contribution in [-0.4, -0.2) is 24.4 Å². The molecule has 1 amide bonds. The first-order valence-electron chi connectivity index (χ1n) is 6.93.